The Bertz CT molecular complexity index is 1220. The monoisotopic (exact) mass is 446 g/mol. The number of hydrogen-bond acceptors (Lipinski definition) is 6. The summed E-state index contributed by atoms with van der Waals surface area (Å²) >= 11 is 0. The lowest BCUT2D eigenvalue weighted by molar-refractivity contribution is 0.0696. The van der Waals surface area contributed by atoms with Crippen LogP contribution in [0.15, 0.2) is 53.5 Å². The molecule has 0 aliphatic carbocycles. The van der Waals surface area contributed by atoms with Crippen molar-refractivity contribution in [2.24, 2.45) is 7.05 Å². The van der Waals surface area contributed by atoms with Crippen LogP contribution in [0.3, 0.4) is 0 Å². The molecule has 0 saturated carbocycles. The molecule has 1 atom stereocenters. The molecule has 33 heavy (non-hydrogen) atoms. The van der Waals surface area contributed by atoms with Crippen LogP contribution in [0.4, 0.5) is 0 Å². The van der Waals surface area contributed by atoms with Gasteiger partial charge in [0.25, 0.3) is 17.4 Å². The molecule has 4 rings (SSSR count). The van der Waals surface area contributed by atoms with Crippen LogP contribution < -0.4 is 10.9 Å². The van der Waals surface area contributed by atoms with Crippen molar-refractivity contribution < 1.29 is 9.59 Å². The summed E-state index contributed by atoms with van der Waals surface area (Å²) in [6.45, 7) is 3.30. The molecule has 0 spiro atoms. The average molecular weight is 447 g/mol. The van der Waals surface area contributed by atoms with E-state index in [1.165, 1.54) is 19.2 Å². The predicted molar refractivity (Wildman–Crippen MR) is 122 cm³/mol. The number of aryl methyl sites for hydroxylation is 2. The Morgan fingerprint density at radius 1 is 1.15 bits per heavy atom. The van der Waals surface area contributed by atoms with Gasteiger partial charge in [0.2, 0.25) is 0 Å². The Labute approximate surface area is 191 Å². The molecule has 1 N–H and O–H groups in total. The van der Waals surface area contributed by atoms with Gasteiger partial charge in [-0.25, -0.2) is 14.6 Å². The number of benzene rings is 1. The van der Waals surface area contributed by atoms with E-state index in [9.17, 15) is 14.4 Å². The van der Waals surface area contributed by atoms with E-state index in [4.69, 9.17) is 0 Å². The summed E-state index contributed by atoms with van der Waals surface area (Å²) in [6.07, 6.45) is 3.22. The number of nitrogens with one attached hydrogen (secondary N) is 1. The third kappa shape index (κ3) is 5.14. The van der Waals surface area contributed by atoms with Crippen LogP contribution in [-0.2, 0) is 13.6 Å². The molecule has 2 aromatic heterocycles. The molecule has 9 heteroatoms. The van der Waals surface area contributed by atoms with Crippen molar-refractivity contribution in [3.63, 3.8) is 0 Å². The summed E-state index contributed by atoms with van der Waals surface area (Å²) < 4.78 is 1.16. The van der Waals surface area contributed by atoms with Crippen LogP contribution in [0.5, 0.6) is 0 Å². The number of piperidine rings is 1. The van der Waals surface area contributed by atoms with Crippen molar-refractivity contribution in [1.29, 1.82) is 0 Å². The second kappa shape index (κ2) is 9.72. The standard InChI is InChI=1S/C24H26N6O3/c1-16-19(23(32)26-13-17-7-4-3-5-8-17)14-25-22(27-16)18-9-6-12-30(15-18)24(33)20-10-11-21(31)29(2)28-20/h3-5,7-8,10-11,14,18H,6,9,12-13,15H2,1-2H3,(H,26,32)/t18-/m1/s1. The zero-order valence-corrected chi connectivity index (χ0v) is 18.7. The highest BCUT2D eigenvalue weighted by molar-refractivity contribution is 5.94. The van der Waals surface area contributed by atoms with Gasteiger partial charge in [0.15, 0.2) is 0 Å². The van der Waals surface area contributed by atoms with Crippen molar-refractivity contribution in [2.75, 3.05) is 13.1 Å². The number of carbonyl (C=O) groups is 2. The highest BCUT2D eigenvalue weighted by Gasteiger charge is 2.28. The SMILES string of the molecule is Cc1nc([C@@H]2CCCN(C(=O)c3ccc(=O)n(C)n3)C2)ncc1C(=O)NCc1ccccc1. The number of carbonyl (C=O) groups excluding carboxylic acids is 2. The molecule has 0 bridgehead atoms. The van der Waals surface area contributed by atoms with Gasteiger partial charge in [-0.1, -0.05) is 30.3 Å². The van der Waals surface area contributed by atoms with Crippen LogP contribution in [0.1, 0.15) is 56.7 Å². The molecule has 9 nitrogen and oxygen atoms in total. The van der Waals surface area contributed by atoms with Gasteiger partial charge in [-0.15, -0.1) is 0 Å². The number of rotatable bonds is 5. The number of nitrogens with zero attached hydrogens (tertiary/aromatic N) is 5. The molecule has 2 amide bonds. The first-order chi connectivity index (χ1) is 15.9. The molecule has 1 aliphatic rings. The lowest BCUT2D eigenvalue weighted by Gasteiger charge is -2.32. The summed E-state index contributed by atoms with van der Waals surface area (Å²) in [4.78, 5) is 47.8. The molecule has 0 unspecified atom stereocenters. The van der Waals surface area contributed by atoms with E-state index in [1.54, 1.807) is 18.0 Å². The fourth-order valence-electron chi connectivity index (χ4n) is 3.93. The van der Waals surface area contributed by atoms with Gasteiger partial charge >= 0.3 is 0 Å². The second-order valence-electron chi connectivity index (χ2n) is 8.17. The Balaban J connectivity index is 1.43. The third-order valence-corrected chi connectivity index (χ3v) is 5.79. The predicted octanol–water partition coefficient (Wildman–Crippen LogP) is 1.83. The minimum absolute atomic E-state index is 0.0321. The first-order valence-electron chi connectivity index (χ1n) is 10.9. The fraction of sp³-hybridized carbons (Fsp3) is 0.333. The van der Waals surface area contributed by atoms with Crippen LogP contribution in [-0.4, -0.2) is 49.6 Å². The van der Waals surface area contributed by atoms with Gasteiger partial charge < -0.3 is 10.2 Å². The molecular weight excluding hydrogens is 420 g/mol. The van der Waals surface area contributed by atoms with Crippen molar-refractivity contribution in [3.05, 3.63) is 87.4 Å². The fourth-order valence-corrected chi connectivity index (χ4v) is 3.93. The molecule has 3 aromatic rings. The average Bonchev–Trinajstić information content (AvgIpc) is 2.84. The van der Waals surface area contributed by atoms with E-state index in [-0.39, 0.29) is 29.0 Å². The van der Waals surface area contributed by atoms with Gasteiger partial charge in [-0.05, 0) is 31.4 Å². The molecule has 1 aliphatic heterocycles. The number of amides is 2. The van der Waals surface area contributed by atoms with Crippen LogP contribution in [0.25, 0.3) is 0 Å². The van der Waals surface area contributed by atoms with E-state index in [0.29, 0.717) is 36.7 Å². The minimum atomic E-state index is -0.264. The smallest absolute Gasteiger partial charge is 0.274 e. The molecular formula is C24H26N6O3. The maximum atomic E-state index is 12.9. The molecule has 1 saturated heterocycles. The topological polar surface area (TPSA) is 110 Å². The van der Waals surface area contributed by atoms with Crippen LogP contribution >= 0.6 is 0 Å². The Morgan fingerprint density at radius 3 is 2.67 bits per heavy atom. The highest BCUT2D eigenvalue weighted by Crippen LogP contribution is 2.25. The summed E-state index contributed by atoms with van der Waals surface area (Å²) in [5.74, 6) is 0.154. The minimum Gasteiger partial charge on any atom is -0.348 e. The number of likely N-dealkylation sites (tertiary alicyclic amines) is 1. The van der Waals surface area contributed by atoms with E-state index in [2.05, 4.69) is 20.4 Å². The molecule has 1 aromatic carbocycles. The summed E-state index contributed by atoms with van der Waals surface area (Å²) in [5.41, 5.74) is 2.03. The lowest BCUT2D eigenvalue weighted by atomic mass is 9.96. The first kappa shape index (κ1) is 22.3. The molecule has 0 radical (unpaired) electrons. The molecule has 1 fully saturated rings. The van der Waals surface area contributed by atoms with Gasteiger partial charge in [-0.3, -0.25) is 14.4 Å². The Morgan fingerprint density at radius 2 is 1.94 bits per heavy atom. The molecule has 3 heterocycles. The van der Waals surface area contributed by atoms with Crippen molar-refractivity contribution in [3.8, 4) is 0 Å². The van der Waals surface area contributed by atoms with Crippen molar-refractivity contribution >= 4 is 11.8 Å². The zero-order chi connectivity index (χ0) is 23.4. The normalized spacial score (nSPS) is 15.8. The van der Waals surface area contributed by atoms with E-state index in [0.717, 1.165) is 23.1 Å². The van der Waals surface area contributed by atoms with E-state index >= 15 is 0 Å². The quantitative estimate of drug-likeness (QED) is 0.640. The third-order valence-electron chi connectivity index (χ3n) is 5.79. The van der Waals surface area contributed by atoms with E-state index < -0.39 is 0 Å². The zero-order valence-electron chi connectivity index (χ0n) is 18.7. The molecule has 170 valence electrons. The van der Waals surface area contributed by atoms with Crippen molar-refractivity contribution in [2.45, 2.75) is 32.2 Å². The number of aromatic nitrogens is 4. The second-order valence-corrected chi connectivity index (χ2v) is 8.17. The number of hydrogen-bond donors (Lipinski definition) is 1. The van der Waals surface area contributed by atoms with Gasteiger partial charge in [-0.2, -0.15) is 5.10 Å². The van der Waals surface area contributed by atoms with E-state index in [1.807, 2.05) is 30.3 Å². The van der Waals surface area contributed by atoms with Gasteiger partial charge in [0, 0.05) is 44.9 Å². The maximum absolute atomic E-state index is 12.9. The van der Waals surface area contributed by atoms with Crippen LogP contribution in [0.2, 0.25) is 0 Å². The first-order valence-corrected chi connectivity index (χ1v) is 10.9. The summed E-state index contributed by atoms with van der Waals surface area (Å²) in [7, 11) is 1.52. The highest BCUT2D eigenvalue weighted by atomic mass is 16.2. The largest absolute Gasteiger partial charge is 0.348 e. The Hall–Kier alpha value is -3.88. The van der Waals surface area contributed by atoms with Gasteiger partial charge in [0.1, 0.15) is 11.5 Å². The summed E-state index contributed by atoms with van der Waals surface area (Å²) in [5, 5.41) is 6.97. The maximum Gasteiger partial charge on any atom is 0.274 e. The van der Waals surface area contributed by atoms with Crippen molar-refractivity contribution in [1.82, 2.24) is 30.0 Å². The summed E-state index contributed by atoms with van der Waals surface area (Å²) in [6, 6.07) is 12.5. The lowest BCUT2D eigenvalue weighted by Crippen LogP contribution is -2.40. The van der Waals surface area contributed by atoms with Gasteiger partial charge in [0.05, 0.1) is 11.3 Å². The van der Waals surface area contributed by atoms with Crippen LogP contribution in [0, 0.1) is 6.92 Å². The Kier molecular flexibility index (Phi) is 6.58.